The number of rotatable bonds is 4. The van der Waals surface area contributed by atoms with Crippen molar-refractivity contribution in [2.45, 2.75) is 13.3 Å². The maximum Gasteiger partial charge on any atom is 0.170 e. The minimum Gasteiger partial charge on any atom is -0.496 e. The first-order chi connectivity index (χ1) is 8.61. The second-order valence-corrected chi connectivity index (χ2v) is 4.38. The summed E-state index contributed by atoms with van der Waals surface area (Å²) in [6.07, 6.45) is 1.75. The van der Waals surface area contributed by atoms with Gasteiger partial charge in [-0.1, -0.05) is 11.6 Å². The summed E-state index contributed by atoms with van der Waals surface area (Å²) in [6, 6.07) is 6.91. The predicted molar refractivity (Wildman–Crippen MR) is 69.5 cm³/mol. The zero-order valence-electron chi connectivity index (χ0n) is 10.2. The number of ether oxygens (including phenoxy) is 1. The topological polar surface area (TPSA) is 39.4 Å². The average molecular weight is 265 g/mol. The second kappa shape index (κ2) is 5.27. The van der Waals surface area contributed by atoms with E-state index in [1.165, 1.54) is 6.26 Å². The summed E-state index contributed by atoms with van der Waals surface area (Å²) in [5, 5.41) is 0.586. The number of ketones is 1. The van der Waals surface area contributed by atoms with Gasteiger partial charge in [0.1, 0.15) is 11.5 Å². The van der Waals surface area contributed by atoms with Gasteiger partial charge >= 0.3 is 0 Å². The molecule has 0 fully saturated rings. The maximum absolute atomic E-state index is 12.1. The Hall–Kier alpha value is -1.74. The van der Waals surface area contributed by atoms with Crippen molar-refractivity contribution in [3.05, 3.63) is 52.4 Å². The minimum atomic E-state index is -0.0122. The molecule has 0 saturated heterocycles. The number of carbonyl (C=O) groups excluding carboxylic acids is 1. The van der Waals surface area contributed by atoms with Crippen LogP contribution in [0.2, 0.25) is 5.02 Å². The van der Waals surface area contributed by atoms with E-state index in [0.717, 1.165) is 5.56 Å². The van der Waals surface area contributed by atoms with Gasteiger partial charge in [-0.15, -0.1) is 0 Å². The highest BCUT2D eigenvalue weighted by atomic mass is 35.5. The lowest BCUT2D eigenvalue weighted by Crippen LogP contribution is -2.05. The lowest BCUT2D eigenvalue weighted by Gasteiger charge is -2.08. The molecule has 0 N–H and O–H groups in total. The van der Waals surface area contributed by atoms with Crippen LogP contribution < -0.4 is 4.74 Å². The van der Waals surface area contributed by atoms with Crippen LogP contribution in [0.1, 0.15) is 21.7 Å². The van der Waals surface area contributed by atoms with Crippen molar-refractivity contribution < 1.29 is 13.9 Å². The standard InChI is InChI=1S/C14H13ClO3/c1-9-12(5-6-18-9)13(16)8-10-7-11(15)3-4-14(10)17-2/h3-7H,8H2,1-2H3. The van der Waals surface area contributed by atoms with E-state index < -0.39 is 0 Å². The largest absolute Gasteiger partial charge is 0.496 e. The number of hydrogen-bond acceptors (Lipinski definition) is 3. The fraction of sp³-hybridized carbons (Fsp3) is 0.214. The molecule has 4 heteroatoms. The van der Waals surface area contributed by atoms with Crippen LogP contribution in [-0.4, -0.2) is 12.9 Å². The van der Waals surface area contributed by atoms with E-state index >= 15 is 0 Å². The highest BCUT2D eigenvalue weighted by Gasteiger charge is 2.14. The molecule has 0 aliphatic heterocycles. The number of benzene rings is 1. The quantitative estimate of drug-likeness (QED) is 0.791. The van der Waals surface area contributed by atoms with E-state index in [-0.39, 0.29) is 12.2 Å². The van der Waals surface area contributed by atoms with Crippen molar-refractivity contribution in [1.29, 1.82) is 0 Å². The number of carbonyl (C=O) groups is 1. The van der Waals surface area contributed by atoms with Gasteiger partial charge in [0.05, 0.1) is 18.9 Å². The van der Waals surface area contributed by atoms with Crippen LogP contribution in [0.5, 0.6) is 5.75 Å². The Morgan fingerprint density at radius 1 is 1.39 bits per heavy atom. The third-order valence-electron chi connectivity index (χ3n) is 2.75. The summed E-state index contributed by atoms with van der Waals surface area (Å²) < 4.78 is 10.3. The van der Waals surface area contributed by atoms with Crippen LogP contribution in [0.3, 0.4) is 0 Å². The molecule has 0 aliphatic rings. The maximum atomic E-state index is 12.1. The van der Waals surface area contributed by atoms with Crippen LogP contribution in [-0.2, 0) is 6.42 Å². The molecule has 0 radical (unpaired) electrons. The van der Waals surface area contributed by atoms with Crippen molar-refractivity contribution in [1.82, 2.24) is 0 Å². The third-order valence-corrected chi connectivity index (χ3v) is 2.99. The lowest BCUT2D eigenvalue weighted by molar-refractivity contribution is 0.0990. The molecule has 1 aromatic heterocycles. The Labute approximate surface area is 110 Å². The minimum absolute atomic E-state index is 0.0122. The van der Waals surface area contributed by atoms with Crippen molar-refractivity contribution in [2.24, 2.45) is 0 Å². The summed E-state index contributed by atoms with van der Waals surface area (Å²) in [6.45, 7) is 1.77. The first-order valence-corrected chi connectivity index (χ1v) is 5.89. The van der Waals surface area contributed by atoms with Crippen molar-refractivity contribution in [3.63, 3.8) is 0 Å². The second-order valence-electron chi connectivity index (χ2n) is 3.95. The molecule has 1 aromatic carbocycles. The Morgan fingerprint density at radius 2 is 2.17 bits per heavy atom. The molecule has 0 bridgehead atoms. The first-order valence-electron chi connectivity index (χ1n) is 5.51. The molecule has 0 aliphatic carbocycles. The average Bonchev–Trinajstić information content (AvgIpc) is 2.76. The van der Waals surface area contributed by atoms with E-state index in [1.54, 1.807) is 38.3 Å². The number of hydrogen-bond donors (Lipinski definition) is 0. The van der Waals surface area contributed by atoms with Gasteiger partial charge in [0.2, 0.25) is 0 Å². The molecule has 0 saturated carbocycles. The highest BCUT2D eigenvalue weighted by Crippen LogP contribution is 2.24. The molecule has 2 aromatic rings. The predicted octanol–water partition coefficient (Wildman–Crippen LogP) is 3.68. The van der Waals surface area contributed by atoms with Crippen LogP contribution in [0.15, 0.2) is 34.9 Å². The van der Waals surface area contributed by atoms with Gasteiger partial charge in [0, 0.05) is 17.0 Å². The summed E-state index contributed by atoms with van der Waals surface area (Å²) in [5.74, 6) is 1.27. The fourth-order valence-corrected chi connectivity index (χ4v) is 2.02. The lowest BCUT2D eigenvalue weighted by atomic mass is 10.0. The van der Waals surface area contributed by atoms with Crippen LogP contribution in [0.4, 0.5) is 0 Å². The first kappa shape index (κ1) is 12.7. The number of furan rings is 1. The number of Topliss-reactive ketones (excluding diaryl/α,β-unsaturated/α-hetero) is 1. The number of methoxy groups -OCH3 is 1. The number of aryl methyl sites for hydroxylation is 1. The monoisotopic (exact) mass is 264 g/mol. The van der Waals surface area contributed by atoms with E-state index in [9.17, 15) is 4.79 Å². The highest BCUT2D eigenvalue weighted by molar-refractivity contribution is 6.30. The van der Waals surface area contributed by atoms with E-state index in [1.807, 2.05) is 0 Å². The molecule has 0 amide bonds. The Kier molecular flexibility index (Phi) is 3.72. The summed E-state index contributed by atoms with van der Waals surface area (Å²) in [5.41, 5.74) is 1.37. The van der Waals surface area contributed by atoms with Gasteiger partial charge in [-0.25, -0.2) is 0 Å². The molecule has 18 heavy (non-hydrogen) atoms. The van der Waals surface area contributed by atoms with Crippen molar-refractivity contribution in [3.8, 4) is 5.75 Å². The normalized spacial score (nSPS) is 10.4. The molecule has 1 heterocycles. The zero-order valence-corrected chi connectivity index (χ0v) is 11.0. The molecule has 94 valence electrons. The van der Waals surface area contributed by atoms with Crippen LogP contribution in [0, 0.1) is 6.92 Å². The molecule has 0 atom stereocenters. The van der Waals surface area contributed by atoms with Crippen molar-refractivity contribution in [2.75, 3.05) is 7.11 Å². The molecular weight excluding hydrogens is 252 g/mol. The van der Waals surface area contributed by atoms with Crippen LogP contribution in [0.25, 0.3) is 0 Å². The zero-order chi connectivity index (χ0) is 13.1. The summed E-state index contributed by atoms with van der Waals surface area (Å²) in [7, 11) is 1.57. The third kappa shape index (κ3) is 2.57. The molecule has 2 rings (SSSR count). The van der Waals surface area contributed by atoms with Crippen LogP contribution >= 0.6 is 11.6 Å². The Morgan fingerprint density at radius 3 is 2.78 bits per heavy atom. The molecule has 0 spiro atoms. The van der Waals surface area contributed by atoms with E-state index in [4.69, 9.17) is 20.8 Å². The van der Waals surface area contributed by atoms with E-state index in [0.29, 0.717) is 22.1 Å². The molecule has 0 unspecified atom stereocenters. The van der Waals surface area contributed by atoms with Gasteiger partial charge < -0.3 is 9.15 Å². The van der Waals surface area contributed by atoms with E-state index in [2.05, 4.69) is 0 Å². The summed E-state index contributed by atoms with van der Waals surface area (Å²) >= 11 is 5.93. The van der Waals surface area contributed by atoms with Gasteiger partial charge in [0.25, 0.3) is 0 Å². The Bertz CT molecular complexity index is 572. The van der Waals surface area contributed by atoms with Gasteiger partial charge in [0.15, 0.2) is 5.78 Å². The number of halogens is 1. The van der Waals surface area contributed by atoms with Gasteiger partial charge in [-0.2, -0.15) is 0 Å². The molecule has 3 nitrogen and oxygen atoms in total. The fourth-order valence-electron chi connectivity index (χ4n) is 1.83. The van der Waals surface area contributed by atoms with Gasteiger partial charge in [-0.3, -0.25) is 4.79 Å². The van der Waals surface area contributed by atoms with Gasteiger partial charge in [-0.05, 0) is 31.2 Å². The SMILES string of the molecule is COc1ccc(Cl)cc1CC(=O)c1ccoc1C. The summed E-state index contributed by atoms with van der Waals surface area (Å²) in [4.78, 5) is 12.1. The smallest absolute Gasteiger partial charge is 0.170 e. The van der Waals surface area contributed by atoms with Crippen molar-refractivity contribution >= 4 is 17.4 Å². The molecular formula is C14H13ClO3. The Balaban J connectivity index is 2.27.